The summed E-state index contributed by atoms with van der Waals surface area (Å²) in [5.41, 5.74) is -2.44. The Bertz CT molecular complexity index is 1010. The summed E-state index contributed by atoms with van der Waals surface area (Å²) in [5.74, 6) is -2.28. The van der Waals surface area contributed by atoms with E-state index in [1.54, 1.807) is 0 Å². The monoisotopic (exact) mass is 476 g/mol. The van der Waals surface area contributed by atoms with E-state index in [9.17, 15) is 32.9 Å². The number of nitrogens with one attached hydrogen (secondary N) is 1. The largest absolute Gasteiger partial charge is 0.489 e. The Morgan fingerprint density at radius 2 is 1.88 bits per heavy atom. The van der Waals surface area contributed by atoms with Crippen molar-refractivity contribution < 1.29 is 41.9 Å². The van der Waals surface area contributed by atoms with E-state index in [4.69, 9.17) is 25.8 Å². The van der Waals surface area contributed by atoms with Crippen molar-refractivity contribution in [1.29, 1.82) is 0 Å². The van der Waals surface area contributed by atoms with Crippen LogP contribution in [0.5, 0.6) is 5.75 Å². The van der Waals surface area contributed by atoms with Gasteiger partial charge in [-0.05, 0) is 30.3 Å². The van der Waals surface area contributed by atoms with E-state index in [1.807, 2.05) is 0 Å². The number of anilines is 1. The highest BCUT2D eigenvalue weighted by atomic mass is 35.5. The lowest BCUT2D eigenvalue weighted by Gasteiger charge is -2.15. The molecule has 0 saturated heterocycles. The molecule has 0 unspecified atom stereocenters. The summed E-state index contributed by atoms with van der Waals surface area (Å²) in [6, 6.07) is 5.64. The molecule has 0 spiro atoms. The summed E-state index contributed by atoms with van der Waals surface area (Å²) in [7, 11) is 1.40. The Hall–Kier alpha value is -3.38. The van der Waals surface area contributed by atoms with Crippen LogP contribution in [0, 0.1) is 10.1 Å². The third kappa shape index (κ3) is 6.82. The van der Waals surface area contributed by atoms with Gasteiger partial charge in [0, 0.05) is 18.2 Å². The molecule has 2 aromatic rings. The van der Waals surface area contributed by atoms with Crippen molar-refractivity contribution >= 4 is 34.9 Å². The van der Waals surface area contributed by atoms with Gasteiger partial charge < -0.3 is 19.5 Å². The summed E-state index contributed by atoms with van der Waals surface area (Å²) in [4.78, 5) is 34.5. The lowest BCUT2D eigenvalue weighted by molar-refractivity contribution is -0.385. The van der Waals surface area contributed by atoms with Crippen LogP contribution in [0.25, 0.3) is 0 Å². The fourth-order valence-corrected chi connectivity index (χ4v) is 2.56. The van der Waals surface area contributed by atoms with E-state index in [0.29, 0.717) is 6.07 Å². The molecule has 172 valence electrons. The van der Waals surface area contributed by atoms with E-state index in [-0.39, 0.29) is 29.7 Å². The van der Waals surface area contributed by atoms with Crippen LogP contribution in [0.15, 0.2) is 36.4 Å². The van der Waals surface area contributed by atoms with Crippen molar-refractivity contribution in [3.8, 4) is 5.75 Å². The molecule has 0 aliphatic heterocycles. The highest BCUT2D eigenvalue weighted by Gasteiger charge is 2.31. The summed E-state index contributed by atoms with van der Waals surface area (Å²) < 4.78 is 53.9. The van der Waals surface area contributed by atoms with Gasteiger partial charge in [0.25, 0.3) is 11.6 Å². The molecule has 2 aromatic carbocycles. The molecule has 1 amide bonds. The van der Waals surface area contributed by atoms with Gasteiger partial charge >= 0.3 is 12.1 Å². The van der Waals surface area contributed by atoms with Crippen LogP contribution in [0.1, 0.15) is 15.9 Å². The van der Waals surface area contributed by atoms with Crippen molar-refractivity contribution in [1.82, 2.24) is 0 Å². The highest BCUT2D eigenvalue weighted by molar-refractivity contribution is 6.31. The van der Waals surface area contributed by atoms with Gasteiger partial charge in [0.1, 0.15) is 17.9 Å². The van der Waals surface area contributed by atoms with Crippen molar-refractivity contribution in [3.63, 3.8) is 0 Å². The minimum absolute atomic E-state index is 0.00183. The predicted octanol–water partition coefficient (Wildman–Crippen LogP) is 4.09. The number of rotatable bonds is 9. The normalized spacial score (nSPS) is 11.0. The van der Waals surface area contributed by atoms with E-state index in [0.717, 1.165) is 24.3 Å². The first-order valence-corrected chi connectivity index (χ1v) is 9.14. The number of alkyl halides is 3. The molecule has 0 fully saturated rings. The number of esters is 1. The van der Waals surface area contributed by atoms with Crippen LogP contribution in [0.4, 0.5) is 24.5 Å². The SMILES string of the molecule is COCCOc1ccc(C(F)(F)F)cc1NC(=O)COC(=O)c1cc(Cl)ccc1[N+](=O)[O-]. The molecule has 13 heteroatoms. The van der Waals surface area contributed by atoms with E-state index in [1.165, 1.54) is 13.2 Å². The zero-order valence-corrected chi connectivity index (χ0v) is 17.2. The molecule has 0 bridgehead atoms. The summed E-state index contributed by atoms with van der Waals surface area (Å²) in [5, 5.41) is 13.2. The molecule has 0 aliphatic rings. The quantitative estimate of drug-likeness (QED) is 0.251. The molecule has 9 nitrogen and oxygen atoms in total. The smallest absolute Gasteiger partial charge is 0.416 e. The topological polar surface area (TPSA) is 117 Å². The fraction of sp³-hybridized carbons (Fsp3) is 0.263. The van der Waals surface area contributed by atoms with Crippen LogP contribution in [-0.2, 0) is 20.4 Å². The average Bonchev–Trinajstić information content (AvgIpc) is 2.72. The second-order valence-corrected chi connectivity index (χ2v) is 6.53. The lowest BCUT2D eigenvalue weighted by Crippen LogP contribution is -2.22. The number of hydrogen-bond donors (Lipinski definition) is 1. The highest BCUT2D eigenvalue weighted by Crippen LogP contribution is 2.35. The third-order valence-electron chi connectivity index (χ3n) is 3.84. The maximum Gasteiger partial charge on any atom is 0.416 e. The van der Waals surface area contributed by atoms with Gasteiger partial charge in [0.2, 0.25) is 0 Å². The van der Waals surface area contributed by atoms with Gasteiger partial charge in [-0.15, -0.1) is 0 Å². The molecular formula is C19H16ClF3N2O7. The average molecular weight is 477 g/mol. The summed E-state index contributed by atoms with van der Waals surface area (Å²) in [6.45, 7) is -0.793. The predicted molar refractivity (Wildman–Crippen MR) is 106 cm³/mol. The number of amides is 1. The molecule has 0 aliphatic carbocycles. The Morgan fingerprint density at radius 1 is 1.16 bits per heavy atom. The number of carbonyl (C=O) groups excluding carboxylic acids is 2. The zero-order valence-electron chi connectivity index (χ0n) is 16.4. The van der Waals surface area contributed by atoms with Crippen molar-refractivity contribution in [2.24, 2.45) is 0 Å². The molecule has 0 heterocycles. The van der Waals surface area contributed by atoms with Gasteiger partial charge in [-0.3, -0.25) is 14.9 Å². The first kappa shape index (κ1) is 24.9. The number of methoxy groups -OCH3 is 1. The molecule has 1 N–H and O–H groups in total. The number of hydrogen-bond acceptors (Lipinski definition) is 7. The molecule has 2 rings (SSSR count). The minimum atomic E-state index is -4.68. The number of ether oxygens (including phenoxy) is 3. The number of nitro benzene ring substituents is 1. The number of nitrogens with zero attached hydrogens (tertiary/aromatic N) is 1. The third-order valence-corrected chi connectivity index (χ3v) is 4.07. The number of halogens is 4. The van der Waals surface area contributed by atoms with Gasteiger partial charge in [0.15, 0.2) is 6.61 Å². The molecular weight excluding hydrogens is 461 g/mol. The Labute approximate surface area is 184 Å². The molecule has 32 heavy (non-hydrogen) atoms. The maximum absolute atomic E-state index is 13.0. The van der Waals surface area contributed by atoms with Gasteiger partial charge in [-0.25, -0.2) is 4.79 Å². The number of benzene rings is 2. The first-order valence-electron chi connectivity index (χ1n) is 8.77. The molecule has 0 saturated carbocycles. The van der Waals surface area contributed by atoms with Crippen LogP contribution in [0.3, 0.4) is 0 Å². The second kappa shape index (κ2) is 10.8. The van der Waals surface area contributed by atoms with Gasteiger partial charge in [-0.1, -0.05) is 11.6 Å². The number of nitro groups is 1. The van der Waals surface area contributed by atoms with E-state index < -0.39 is 46.4 Å². The van der Waals surface area contributed by atoms with Gasteiger partial charge in [0.05, 0.1) is 22.8 Å². The van der Waals surface area contributed by atoms with Crippen molar-refractivity contribution in [2.45, 2.75) is 6.18 Å². The van der Waals surface area contributed by atoms with Crippen LogP contribution >= 0.6 is 11.6 Å². The van der Waals surface area contributed by atoms with Crippen LogP contribution < -0.4 is 10.1 Å². The minimum Gasteiger partial charge on any atom is -0.489 e. The first-order chi connectivity index (χ1) is 15.0. The molecule has 0 aromatic heterocycles. The summed E-state index contributed by atoms with van der Waals surface area (Å²) in [6.07, 6.45) is -4.68. The Morgan fingerprint density at radius 3 is 2.50 bits per heavy atom. The Kier molecular flexibility index (Phi) is 8.38. The standard InChI is InChI=1S/C19H16ClF3N2O7/c1-30-6-7-31-16-5-2-11(19(21,22)23)8-14(16)24-17(26)10-32-18(27)13-9-12(20)3-4-15(13)25(28)29/h2-5,8-9H,6-7,10H2,1H3,(H,24,26). The second-order valence-electron chi connectivity index (χ2n) is 6.09. The van der Waals surface area contributed by atoms with Crippen molar-refractivity contribution in [3.05, 3.63) is 62.7 Å². The van der Waals surface area contributed by atoms with Crippen LogP contribution in [-0.4, -0.2) is 43.7 Å². The van der Waals surface area contributed by atoms with Crippen molar-refractivity contribution in [2.75, 3.05) is 32.2 Å². The zero-order chi connectivity index (χ0) is 23.9. The Balaban J connectivity index is 2.14. The van der Waals surface area contributed by atoms with E-state index >= 15 is 0 Å². The maximum atomic E-state index is 13.0. The lowest BCUT2D eigenvalue weighted by atomic mass is 10.1. The fourth-order valence-electron chi connectivity index (χ4n) is 2.39. The van der Waals surface area contributed by atoms with Crippen LogP contribution in [0.2, 0.25) is 5.02 Å². The number of carbonyl (C=O) groups is 2. The van der Waals surface area contributed by atoms with E-state index in [2.05, 4.69) is 5.32 Å². The molecule has 0 atom stereocenters. The van der Waals surface area contributed by atoms with Gasteiger partial charge in [-0.2, -0.15) is 13.2 Å². The summed E-state index contributed by atoms with van der Waals surface area (Å²) >= 11 is 5.73. The molecule has 0 radical (unpaired) electrons.